The van der Waals surface area contributed by atoms with Gasteiger partial charge in [0.05, 0.1) is 17.7 Å². The summed E-state index contributed by atoms with van der Waals surface area (Å²) in [4.78, 5) is 16.1. The van der Waals surface area contributed by atoms with Crippen LogP contribution in [0.3, 0.4) is 0 Å². The monoisotopic (exact) mass is 466 g/mol. The third-order valence-corrected chi connectivity index (χ3v) is 5.72. The van der Waals surface area contributed by atoms with E-state index in [1.165, 1.54) is 5.56 Å². The molecule has 0 fully saturated rings. The molecule has 3 aromatic rings. The van der Waals surface area contributed by atoms with Gasteiger partial charge in [0.2, 0.25) is 5.82 Å². The number of hydrogen-bond acceptors (Lipinski definition) is 6. The lowest BCUT2D eigenvalue weighted by molar-refractivity contribution is -0.143. The molecule has 0 aliphatic heterocycles. The topological polar surface area (TPSA) is 74.5 Å². The first-order valence-electron chi connectivity index (χ1n) is 11.2. The van der Waals surface area contributed by atoms with Gasteiger partial charge in [-0.15, -0.1) is 0 Å². The van der Waals surface area contributed by atoms with E-state index < -0.39 is 0 Å². The summed E-state index contributed by atoms with van der Waals surface area (Å²) in [6, 6.07) is 11.6. The summed E-state index contributed by atoms with van der Waals surface area (Å²) in [6.07, 6.45) is 6.49. The van der Waals surface area contributed by atoms with Crippen LogP contribution in [0, 0.1) is 0 Å². The van der Waals surface area contributed by atoms with Gasteiger partial charge in [-0.3, -0.25) is 4.79 Å². The number of ether oxygens (including phenoxy) is 2. The van der Waals surface area contributed by atoms with Crippen LogP contribution in [0.15, 0.2) is 47.0 Å². The Bertz CT molecular complexity index is 1170. The molecule has 0 bridgehead atoms. The average Bonchev–Trinajstić information content (AvgIpc) is 3.42. The van der Waals surface area contributed by atoms with Crippen molar-refractivity contribution in [2.75, 3.05) is 6.61 Å². The summed E-state index contributed by atoms with van der Waals surface area (Å²) in [7, 11) is 0. The molecule has 0 saturated heterocycles. The molecule has 0 radical (unpaired) electrons. The Labute approximate surface area is 198 Å². The number of allylic oxidation sites excluding steroid dienone is 1. The van der Waals surface area contributed by atoms with Crippen LogP contribution >= 0.6 is 11.6 Å². The standard InChI is InChI=1S/C26H27ClN2O4/c1-4-31-24(30)7-5-6-17-8-9-18-14-19(10-12-21(17)18)25-28-26(33-29-25)20-11-13-23(22(27)15-20)32-16(2)3/h8-17H,4-7H2,1-3H3. The smallest absolute Gasteiger partial charge is 0.305 e. The first-order valence-corrected chi connectivity index (χ1v) is 11.6. The van der Waals surface area contributed by atoms with E-state index in [1.807, 2.05) is 39.0 Å². The molecule has 2 aromatic carbocycles. The van der Waals surface area contributed by atoms with Crippen molar-refractivity contribution in [3.8, 4) is 28.6 Å². The number of halogens is 1. The zero-order chi connectivity index (χ0) is 23.4. The van der Waals surface area contributed by atoms with Crippen molar-refractivity contribution in [3.63, 3.8) is 0 Å². The van der Waals surface area contributed by atoms with Gasteiger partial charge < -0.3 is 14.0 Å². The van der Waals surface area contributed by atoms with Crippen molar-refractivity contribution in [1.82, 2.24) is 10.1 Å². The maximum atomic E-state index is 11.6. The molecule has 4 rings (SSSR count). The molecule has 172 valence electrons. The summed E-state index contributed by atoms with van der Waals surface area (Å²) >= 11 is 6.35. The Morgan fingerprint density at radius 2 is 2.00 bits per heavy atom. The van der Waals surface area contributed by atoms with E-state index in [0.717, 1.165) is 29.5 Å². The highest BCUT2D eigenvalue weighted by atomic mass is 35.5. The molecule has 6 nitrogen and oxygen atoms in total. The Morgan fingerprint density at radius 1 is 1.18 bits per heavy atom. The second-order valence-corrected chi connectivity index (χ2v) is 8.65. The fourth-order valence-electron chi connectivity index (χ4n) is 3.91. The highest BCUT2D eigenvalue weighted by molar-refractivity contribution is 6.32. The van der Waals surface area contributed by atoms with Gasteiger partial charge in [-0.1, -0.05) is 41.0 Å². The largest absolute Gasteiger partial charge is 0.489 e. The number of rotatable bonds is 9. The molecule has 1 aliphatic carbocycles. The maximum Gasteiger partial charge on any atom is 0.305 e. The highest BCUT2D eigenvalue weighted by Gasteiger charge is 2.20. The zero-order valence-corrected chi connectivity index (χ0v) is 19.8. The lowest BCUT2D eigenvalue weighted by atomic mass is 9.94. The number of aromatic nitrogens is 2. The van der Waals surface area contributed by atoms with E-state index in [1.54, 1.807) is 6.07 Å². The molecule has 1 aromatic heterocycles. The number of carbonyl (C=O) groups is 1. The summed E-state index contributed by atoms with van der Waals surface area (Å²) in [5.74, 6) is 1.71. The predicted molar refractivity (Wildman–Crippen MR) is 128 cm³/mol. The van der Waals surface area contributed by atoms with E-state index in [9.17, 15) is 4.79 Å². The van der Waals surface area contributed by atoms with Gasteiger partial charge >= 0.3 is 5.97 Å². The van der Waals surface area contributed by atoms with Gasteiger partial charge in [-0.25, -0.2) is 0 Å². The molecule has 0 N–H and O–H groups in total. The van der Waals surface area contributed by atoms with Gasteiger partial charge in [0.15, 0.2) is 0 Å². The quantitative estimate of drug-likeness (QED) is 0.327. The molecular formula is C26H27ClN2O4. The van der Waals surface area contributed by atoms with Crippen molar-refractivity contribution in [3.05, 3.63) is 58.6 Å². The molecule has 1 heterocycles. The Hall–Kier alpha value is -3.12. The van der Waals surface area contributed by atoms with Crippen LogP contribution in [-0.2, 0) is 9.53 Å². The fraction of sp³-hybridized carbons (Fsp3) is 0.346. The van der Waals surface area contributed by atoms with Crippen molar-refractivity contribution in [2.45, 2.75) is 52.1 Å². The van der Waals surface area contributed by atoms with Crippen LogP contribution in [0.1, 0.15) is 57.1 Å². The van der Waals surface area contributed by atoms with E-state index in [0.29, 0.717) is 41.4 Å². The third-order valence-electron chi connectivity index (χ3n) is 5.42. The lowest BCUT2D eigenvalue weighted by Crippen LogP contribution is -2.05. The SMILES string of the molecule is CCOC(=O)CCCC1C=Cc2cc(-c3noc(-c4ccc(OC(C)C)c(Cl)c4)n3)ccc21. The summed E-state index contributed by atoms with van der Waals surface area (Å²) in [6.45, 7) is 6.15. The maximum absolute atomic E-state index is 11.6. The van der Waals surface area contributed by atoms with Crippen LogP contribution in [0.4, 0.5) is 0 Å². The van der Waals surface area contributed by atoms with E-state index in [4.69, 9.17) is 25.6 Å². The predicted octanol–water partition coefficient (Wildman–Crippen LogP) is 6.69. The molecule has 33 heavy (non-hydrogen) atoms. The Kier molecular flexibility index (Phi) is 7.14. The summed E-state index contributed by atoms with van der Waals surface area (Å²) in [5.41, 5.74) is 4.00. The molecule has 1 aliphatic rings. The molecule has 1 atom stereocenters. The van der Waals surface area contributed by atoms with Crippen molar-refractivity contribution >= 4 is 23.6 Å². The van der Waals surface area contributed by atoms with E-state index >= 15 is 0 Å². The number of fused-ring (bicyclic) bond motifs is 1. The van der Waals surface area contributed by atoms with E-state index in [2.05, 4.69) is 34.4 Å². The zero-order valence-electron chi connectivity index (χ0n) is 19.0. The van der Waals surface area contributed by atoms with Crippen molar-refractivity contribution in [2.24, 2.45) is 0 Å². The summed E-state index contributed by atoms with van der Waals surface area (Å²) in [5, 5.41) is 4.66. The number of carbonyl (C=O) groups excluding carboxylic acids is 1. The second-order valence-electron chi connectivity index (χ2n) is 8.24. The molecule has 0 amide bonds. The molecule has 0 saturated carbocycles. The Balaban J connectivity index is 1.45. The van der Waals surface area contributed by atoms with E-state index in [-0.39, 0.29) is 12.1 Å². The number of esters is 1. The number of nitrogens with zero attached hydrogens (tertiary/aromatic N) is 2. The lowest BCUT2D eigenvalue weighted by Gasteiger charge is -2.11. The third kappa shape index (κ3) is 5.45. The van der Waals surface area contributed by atoms with Crippen LogP contribution in [0.2, 0.25) is 5.02 Å². The number of benzene rings is 2. The van der Waals surface area contributed by atoms with Crippen LogP contribution in [0.25, 0.3) is 28.9 Å². The second kappa shape index (κ2) is 10.2. The minimum absolute atomic E-state index is 0.0365. The molecule has 7 heteroatoms. The van der Waals surface area contributed by atoms with Gasteiger partial charge in [0.25, 0.3) is 5.89 Å². The minimum Gasteiger partial charge on any atom is -0.489 e. The van der Waals surface area contributed by atoms with Crippen LogP contribution < -0.4 is 4.74 Å². The van der Waals surface area contributed by atoms with Gasteiger partial charge in [0.1, 0.15) is 5.75 Å². The molecule has 1 unspecified atom stereocenters. The first kappa shape index (κ1) is 23.1. The average molecular weight is 467 g/mol. The first-order chi connectivity index (χ1) is 15.9. The number of hydrogen-bond donors (Lipinski definition) is 0. The van der Waals surface area contributed by atoms with Crippen molar-refractivity contribution in [1.29, 1.82) is 0 Å². The van der Waals surface area contributed by atoms with Gasteiger partial charge in [-0.05, 0) is 69.0 Å². The van der Waals surface area contributed by atoms with Crippen LogP contribution in [-0.4, -0.2) is 28.8 Å². The van der Waals surface area contributed by atoms with Crippen LogP contribution in [0.5, 0.6) is 5.75 Å². The highest BCUT2D eigenvalue weighted by Crippen LogP contribution is 2.36. The van der Waals surface area contributed by atoms with Gasteiger partial charge in [-0.2, -0.15) is 4.98 Å². The normalized spacial score (nSPS) is 14.5. The fourth-order valence-corrected chi connectivity index (χ4v) is 4.14. The molecule has 0 spiro atoms. The van der Waals surface area contributed by atoms with Crippen molar-refractivity contribution < 1.29 is 18.8 Å². The Morgan fingerprint density at radius 3 is 2.76 bits per heavy atom. The minimum atomic E-state index is -0.133. The molecular weight excluding hydrogens is 440 g/mol. The van der Waals surface area contributed by atoms with Gasteiger partial charge in [0, 0.05) is 23.5 Å². The summed E-state index contributed by atoms with van der Waals surface area (Å²) < 4.78 is 16.2.